The summed E-state index contributed by atoms with van der Waals surface area (Å²) in [7, 11) is 0.112. The lowest BCUT2D eigenvalue weighted by Gasteiger charge is -2.18. The minimum atomic E-state index is -4.00. The van der Waals surface area contributed by atoms with Gasteiger partial charge in [0.25, 0.3) is 5.91 Å². The van der Waals surface area contributed by atoms with Gasteiger partial charge in [-0.3, -0.25) is 4.79 Å². The Balaban J connectivity index is 1.71. The Hall–Kier alpha value is -3.43. The van der Waals surface area contributed by atoms with Gasteiger partial charge in [-0.05, 0) is 22.9 Å². The quantitative estimate of drug-likeness (QED) is 0.428. The Morgan fingerprint density at radius 3 is 2.55 bits per heavy atom. The number of rotatable bonds is 8. The van der Waals surface area contributed by atoms with Gasteiger partial charge in [0.1, 0.15) is 16.4 Å². The number of carbonyl (C=O) groups excluding carboxylic acids is 1. The van der Waals surface area contributed by atoms with Crippen LogP contribution in [-0.2, 0) is 14.8 Å². The van der Waals surface area contributed by atoms with Gasteiger partial charge in [0, 0.05) is 18.7 Å². The molecule has 3 aromatic rings. The van der Waals surface area contributed by atoms with Crippen LogP contribution in [0, 0.1) is 0 Å². The van der Waals surface area contributed by atoms with Crippen LogP contribution in [0.4, 0.5) is 0 Å². The molecule has 0 bridgehead atoms. The summed E-state index contributed by atoms with van der Waals surface area (Å²) in [6.07, 6.45) is 1.53. The SMILES string of the molecule is COc1ccc(OC)c(S(=O)(=O)N(C)CC(=O)NN=Cc2cccc3ccccc23)c1. The average molecular weight is 442 g/mol. The van der Waals surface area contributed by atoms with Gasteiger partial charge in [-0.1, -0.05) is 42.5 Å². The van der Waals surface area contributed by atoms with E-state index in [-0.39, 0.29) is 10.6 Å². The molecule has 0 aliphatic heterocycles. The van der Waals surface area contributed by atoms with Crippen molar-refractivity contribution < 1.29 is 22.7 Å². The van der Waals surface area contributed by atoms with Crippen LogP contribution in [0.15, 0.2) is 70.7 Å². The minimum absolute atomic E-state index is 0.0936. The predicted octanol–water partition coefficient (Wildman–Crippen LogP) is 2.63. The number of hydrogen-bond donors (Lipinski definition) is 1. The lowest BCUT2D eigenvalue weighted by Crippen LogP contribution is -2.36. The van der Waals surface area contributed by atoms with E-state index in [1.54, 1.807) is 6.07 Å². The van der Waals surface area contributed by atoms with Crippen molar-refractivity contribution >= 4 is 32.9 Å². The molecule has 31 heavy (non-hydrogen) atoms. The zero-order valence-corrected chi connectivity index (χ0v) is 18.2. The van der Waals surface area contributed by atoms with Crippen LogP contribution in [0.25, 0.3) is 10.8 Å². The summed E-state index contributed by atoms with van der Waals surface area (Å²) < 4.78 is 37.0. The molecule has 0 unspecified atom stereocenters. The molecule has 162 valence electrons. The number of fused-ring (bicyclic) bond motifs is 1. The number of carbonyl (C=O) groups is 1. The third-order valence-electron chi connectivity index (χ3n) is 4.64. The van der Waals surface area contributed by atoms with Crippen LogP contribution < -0.4 is 14.9 Å². The maximum Gasteiger partial charge on any atom is 0.255 e. The highest BCUT2D eigenvalue weighted by Gasteiger charge is 2.27. The number of amides is 1. The molecule has 1 amide bonds. The molecular weight excluding hydrogens is 418 g/mol. The largest absolute Gasteiger partial charge is 0.497 e. The molecule has 0 aliphatic carbocycles. The van der Waals surface area contributed by atoms with Gasteiger partial charge in [0.2, 0.25) is 10.0 Å². The molecule has 3 aromatic carbocycles. The summed E-state index contributed by atoms with van der Waals surface area (Å²) >= 11 is 0. The van der Waals surface area contributed by atoms with E-state index >= 15 is 0 Å². The molecule has 0 spiro atoms. The number of ether oxygens (including phenoxy) is 2. The number of nitrogens with zero attached hydrogens (tertiary/aromatic N) is 2. The summed E-state index contributed by atoms with van der Waals surface area (Å²) in [5.41, 5.74) is 3.20. The van der Waals surface area contributed by atoms with Crippen molar-refractivity contribution in [3.8, 4) is 11.5 Å². The monoisotopic (exact) mass is 441 g/mol. The zero-order chi connectivity index (χ0) is 22.4. The highest BCUT2D eigenvalue weighted by atomic mass is 32.2. The first-order valence-electron chi connectivity index (χ1n) is 9.35. The van der Waals surface area contributed by atoms with Crippen LogP contribution >= 0.6 is 0 Å². The summed E-state index contributed by atoms with van der Waals surface area (Å²) in [5, 5.41) is 6.01. The molecule has 0 saturated carbocycles. The van der Waals surface area contributed by atoms with Gasteiger partial charge in [0.05, 0.1) is 27.0 Å². The molecule has 3 rings (SSSR count). The van der Waals surface area contributed by atoms with Crippen LogP contribution in [-0.4, -0.2) is 52.7 Å². The Labute approximate surface area is 181 Å². The number of methoxy groups -OCH3 is 2. The van der Waals surface area contributed by atoms with Crippen molar-refractivity contribution in [1.82, 2.24) is 9.73 Å². The number of nitrogens with one attached hydrogen (secondary N) is 1. The fourth-order valence-electron chi connectivity index (χ4n) is 3.01. The molecule has 0 heterocycles. The standard InChI is InChI=1S/C22H23N3O5S/c1-25(31(27,28)21-13-18(29-2)11-12-20(21)30-3)15-22(26)24-23-14-17-9-6-8-16-7-4-5-10-19(16)17/h4-14H,15H2,1-3H3,(H,24,26). The fraction of sp³-hybridized carbons (Fsp3) is 0.182. The predicted molar refractivity (Wildman–Crippen MR) is 119 cm³/mol. The van der Waals surface area contributed by atoms with Crippen LogP contribution in [0.1, 0.15) is 5.56 Å². The Morgan fingerprint density at radius 2 is 1.81 bits per heavy atom. The highest BCUT2D eigenvalue weighted by molar-refractivity contribution is 7.89. The molecule has 0 aromatic heterocycles. The molecule has 1 N–H and O–H groups in total. The summed E-state index contributed by atoms with van der Waals surface area (Å²) in [6, 6.07) is 18.0. The first-order valence-corrected chi connectivity index (χ1v) is 10.8. The van der Waals surface area contributed by atoms with E-state index < -0.39 is 22.5 Å². The molecule has 0 saturated heterocycles. The second-order valence-corrected chi connectivity index (χ2v) is 8.65. The van der Waals surface area contributed by atoms with E-state index in [9.17, 15) is 13.2 Å². The van der Waals surface area contributed by atoms with Crippen LogP contribution in [0.2, 0.25) is 0 Å². The lowest BCUT2D eigenvalue weighted by atomic mass is 10.1. The van der Waals surface area contributed by atoms with Crippen LogP contribution in [0.3, 0.4) is 0 Å². The Bertz CT molecular complexity index is 1220. The maximum atomic E-state index is 12.9. The van der Waals surface area contributed by atoms with Gasteiger partial charge in [0.15, 0.2) is 0 Å². The van der Waals surface area contributed by atoms with Gasteiger partial charge in [-0.25, -0.2) is 13.8 Å². The molecule has 8 nitrogen and oxygen atoms in total. The van der Waals surface area contributed by atoms with Crippen molar-refractivity contribution in [3.63, 3.8) is 0 Å². The normalized spacial score (nSPS) is 11.7. The summed E-state index contributed by atoms with van der Waals surface area (Å²) in [4.78, 5) is 12.2. The van der Waals surface area contributed by atoms with Gasteiger partial charge >= 0.3 is 0 Å². The number of hydrogen-bond acceptors (Lipinski definition) is 6. The topological polar surface area (TPSA) is 97.3 Å². The molecular formula is C22H23N3O5S. The third-order valence-corrected chi connectivity index (χ3v) is 6.47. The molecule has 0 aliphatic rings. The Kier molecular flexibility index (Phi) is 6.88. The van der Waals surface area contributed by atoms with E-state index in [1.165, 1.54) is 39.6 Å². The molecule has 0 fully saturated rings. The maximum absolute atomic E-state index is 12.9. The fourth-order valence-corrected chi connectivity index (χ4v) is 4.31. The van der Waals surface area contributed by atoms with E-state index in [1.807, 2.05) is 42.5 Å². The van der Waals surface area contributed by atoms with Crippen LogP contribution in [0.5, 0.6) is 11.5 Å². The molecule has 0 radical (unpaired) electrons. The molecule has 0 atom stereocenters. The molecule has 9 heteroatoms. The average Bonchev–Trinajstić information content (AvgIpc) is 2.78. The van der Waals surface area contributed by atoms with Crippen molar-refractivity contribution in [1.29, 1.82) is 0 Å². The first kappa shape index (κ1) is 22.3. The Morgan fingerprint density at radius 1 is 1.06 bits per heavy atom. The second-order valence-electron chi connectivity index (χ2n) is 6.64. The number of benzene rings is 3. The lowest BCUT2D eigenvalue weighted by molar-refractivity contribution is -0.121. The number of hydrazone groups is 1. The van der Waals surface area contributed by atoms with E-state index in [4.69, 9.17) is 9.47 Å². The first-order chi connectivity index (χ1) is 14.9. The van der Waals surface area contributed by atoms with Crippen molar-refractivity contribution in [3.05, 3.63) is 66.2 Å². The summed E-state index contributed by atoms with van der Waals surface area (Å²) in [5.74, 6) is -0.0663. The van der Waals surface area contributed by atoms with Crippen molar-refractivity contribution in [2.45, 2.75) is 4.90 Å². The van der Waals surface area contributed by atoms with E-state index in [0.29, 0.717) is 5.75 Å². The summed E-state index contributed by atoms with van der Waals surface area (Å²) in [6.45, 7) is -0.421. The van der Waals surface area contributed by atoms with Gasteiger partial charge in [-0.2, -0.15) is 9.41 Å². The second kappa shape index (κ2) is 9.59. The zero-order valence-electron chi connectivity index (χ0n) is 17.4. The number of likely N-dealkylation sites (N-methyl/N-ethyl adjacent to an activating group) is 1. The van der Waals surface area contributed by atoms with Crippen molar-refractivity contribution in [2.24, 2.45) is 5.10 Å². The number of sulfonamides is 1. The highest BCUT2D eigenvalue weighted by Crippen LogP contribution is 2.30. The van der Waals surface area contributed by atoms with E-state index in [2.05, 4.69) is 10.5 Å². The third kappa shape index (κ3) is 5.01. The van der Waals surface area contributed by atoms with Crippen molar-refractivity contribution in [2.75, 3.05) is 27.8 Å². The minimum Gasteiger partial charge on any atom is -0.497 e. The smallest absolute Gasteiger partial charge is 0.255 e. The van der Waals surface area contributed by atoms with E-state index in [0.717, 1.165) is 20.6 Å². The van der Waals surface area contributed by atoms with Gasteiger partial charge < -0.3 is 9.47 Å². The van der Waals surface area contributed by atoms with Gasteiger partial charge in [-0.15, -0.1) is 0 Å².